The van der Waals surface area contributed by atoms with Gasteiger partial charge in [-0.2, -0.15) is 0 Å². The molecular formula is C24H19ClO3S2. The Hall–Kier alpha value is -2.34. The average Bonchev–Trinajstić information content (AvgIpc) is 2.77. The predicted octanol–water partition coefficient (Wildman–Crippen LogP) is 6.84. The van der Waals surface area contributed by atoms with E-state index >= 15 is 0 Å². The van der Waals surface area contributed by atoms with Crippen molar-refractivity contribution in [2.24, 2.45) is 0 Å². The largest absolute Gasteiger partial charge is 0.511 e. The Morgan fingerprint density at radius 2 is 1.57 bits per heavy atom. The summed E-state index contributed by atoms with van der Waals surface area (Å²) in [5.74, 6) is -0.0317. The van der Waals surface area contributed by atoms with Gasteiger partial charge in [-0.25, -0.2) is 4.79 Å². The minimum Gasteiger partial charge on any atom is -0.511 e. The number of ether oxygens (including phenoxy) is 1. The molecule has 3 nitrogen and oxygen atoms in total. The Morgan fingerprint density at radius 1 is 0.933 bits per heavy atom. The standard InChI is InChI=1S/C24H19ClO3S2/c25-19-13-7-8-14-21(19)30-22-20(26)15-24(28-23(22)27,17-9-3-1-4-10-17)16-29-18-11-5-2-6-12-18/h1-14,26H,15-16H2. The van der Waals surface area contributed by atoms with E-state index in [0.717, 1.165) is 22.2 Å². The van der Waals surface area contributed by atoms with Crippen LogP contribution in [0.1, 0.15) is 12.0 Å². The number of aliphatic hydroxyl groups is 1. The van der Waals surface area contributed by atoms with Crippen molar-refractivity contribution in [1.82, 2.24) is 0 Å². The molecule has 0 aromatic heterocycles. The van der Waals surface area contributed by atoms with E-state index in [9.17, 15) is 9.90 Å². The summed E-state index contributed by atoms with van der Waals surface area (Å²) < 4.78 is 6.04. The summed E-state index contributed by atoms with van der Waals surface area (Å²) >= 11 is 8.96. The Bertz CT molecular complexity index is 1070. The molecule has 3 aromatic rings. The van der Waals surface area contributed by atoms with Crippen molar-refractivity contribution in [3.05, 3.63) is 106 Å². The minimum atomic E-state index is -0.951. The average molecular weight is 455 g/mol. The zero-order valence-corrected chi connectivity index (χ0v) is 18.3. The first-order valence-corrected chi connectivity index (χ1v) is 11.6. The van der Waals surface area contributed by atoms with Crippen LogP contribution in [0.4, 0.5) is 0 Å². The highest BCUT2D eigenvalue weighted by atomic mass is 35.5. The third-order valence-corrected chi connectivity index (χ3v) is 7.59. The van der Waals surface area contributed by atoms with Gasteiger partial charge in [0.25, 0.3) is 0 Å². The number of hydrogen-bond acceptors (Lipinski definition) is 5. The second-order valence-electron chi connectivity index (χ2n) is 6.84. The van der Waals surface area contributed by atoms with E-state index in [4.69, 9.17) is 16.3 Å². The third kappa shape index (κ3) is 4.53. The van der Waals surface area contributed by atoms with E-state index in [1.54, 1.807) is 17.8 Å². The van der Waals surface area contributed by atoms with Gasteiger partial charge in [0, 0.05) is 15.5 Å². The summed E-state index contributed by atoms with van der Waals surface area (Å²) in [7, 11) is 0. The second kappa shape index (κ2) is 9.21. The van der Waals surface area contributed by atoms with Gasteiger partial charge in [0.15, 0.2) is 5.60 Å². The van der Waals surface area contributed by atoms with Gasteiger partial charge >= 0.3 is 5.97 Å². The van der Waals surface area contributed by atoms with Crippen LogP contribution in [-0.2, 0) is 15.1 Å². The van der Waals surface area contributed by atoms with Crippen LogP contribution in [0.25, 0.3) is 0 Å². The highest BCUT2D eigenvalue weighted by molar-refractivity contribution is 8.04. The van der Waals surface area contributed by atoms with Gasteiger partial charge in [0.05, 0.1) is 11.4 Å². The van der Waals surface area contributed by atoms with E-state index in [1.165, 1.54) is 0 Å². The van der Waals surface area contributed by atoms with E-state index in [2.05, 4.69) is 0 Å². The molecule has 0 fully saturated rings. The molecule has 1 N–H and O–H groups in total. The first-order valence-electron chi connectivity index (χ1n) is 9.39. The lowest BCUT2D eigenvalue weighted by atomic mass is 9.89. The van der Waals surface area contributed by atoms with Crippen molar-refractivity contribution in [3.8, 4) is 0 Å². The molecule has 0 aliphatic carbocycles. The maximum Gasteiger partial charge on any atom is 0.349 e. The number of aliphatic hydroxyl groups excluding tert-OH is 1. The minimum absolute atomic E-state index is 0.0219. The van der Waals surface area contributed by atoms with Crippen LogP contribution >= 0.6 is 35.1 Å². The van der Waals surface area contributed by atoms with Crippen LogP contribution in [0, 0.1) is 0 Å². The second-order valence-corrected chi connectivity index (χ2v) is 9.34. The summed E-state index contributed by atoms with van der Waals surface area (Å²) in [6.45, 7) is 0. The molecule has 1 aliphatic rings. The van der Waals surface area contributed by atoms with Crippen molar-refractivity contribution in [2.45, 2.75) is 21.8 Å². The summed E-state index contributed by atoms with van der Waals surface area (Å²) in [4.78, 5) is 15.0. The molecule has 0 amide bonds. The zero-order valence-electron chi connectivity index (χ0n) is 16.0. The molecule has 0 saturated heterocycles. The Balaban J connectivity index is 1.66. The number of rotatable bonds is 6. The van der Waals surface area contributed by atoms with Crippen LogP contribution in [0.3, 0.4) is 0 Å². The summed E-state index contributed by atoms with van der Waals surface area (Å²) in [6, 6.07) is 26.8. The fourth-order valence-electron chi connectivity index (χ4n) is 3.25. The number of hydrogen-bond donors (Lipinski definition) is 1. The van der Waals surface area contributed by atoms with Crippen molar-refractivity contribution in [2.75, 3.05) is 5.75 Å². The van der Waals surface area contributed by atoms with Gasteiger partial charge in [0.1, 0.15) is 10.7 Å². The monoisotopic (exact) mass is 454 g/mol. The van der Waals surface area contributed by atoms with Gasteiger partial charge in [-0.1, -0.05) is 84.0 Å². The maximum absolute atomic E-state index is 13.0. The fourth-order valence-corrected chi connectivity index (χ4v) is 5.43. The first-order chi connectivity index (χ1) is 14.6. The topological polar surface area (TPSA) is 46.5 Å². The fraction of sp³-hybridized carbons (Fsp3) is 0.125. The number of cyclic esters (lactones) is 1. The number of carbonyl (C=O) groups is 1. The molecule has 1 atom stereocenters. The van der Waals surface area contributed by atoms with Crippen LogP contribution in [0.5, 0.6) is 0 Å². The summed E-state index contributed by atoms with van der Waals surface area (Å²) in [6.07, 6.45) is 0.204. The first kappa shape index (κ1) is 20.9. The van der Waals surface area contributed by atoms with E-state index in [-0.39, 0.29) is 17.1 Å². The van der Waals surface area contributed by atoms with E-state index in [1.807, 2.05) is 78.9 Å². The molecule has 4 rings (SSSR count). The van der Waals surface area contributed by atoms with E-state index < -0.39 is 11.6 Å². The van der Waals surface area contributed by atoms with Gasteiger partial charge in [-0.3, -0.25) is 0 Å². The Morgan fingerprint density at radius 3 is 2.23 bits per heavy atom. The van der Waals surface area contributed by atoms with Crippen molar-refractivity contribution in [1.29, 1.82) is 0 Å². The molecule has 0 bridgehead atoms. The number of halogens is 1. The van der Waals surface area contributed by atoms with Crippen LogP contribution in [0.15, 0.2) is 105 Å². The molecule has 0 radical (unpaired) electrons. The molecular weight excluding hydrogens is 436 g/mol. The van der Waals surface area contributed by atoms with Crippen molar-refractivity contribution in [3.63, 3.8) is 0 Å². The van der Waals surface area contributed by atoms with Crippen LogP contribution in [-0.4, -0.2) is 16.8 Å². The number of esters is 1. The predicted molar refractivity (Wildman–Crippen MR) is 123 cm³/mol. The highest BCUT2D eigenvalue weighted by Crippen LogP contribution is 2.45. The maximum atomic E-state index is 13.0. The number of benzene rings is 3. The molecule has 1 heterocycles. The number of carbonyl (C=O) groups excluding carboxylic acids is 1. The lowest BCUT2D eigenvalue weighted by Gasteiger charge is -2.37. The van der Waals surface area contributed by atoms with Gasteiger partial charge in [0.2, 0.25) is 0 Å². The Labute approximate surface area is 189 Å². The highest BCUT2D eigenvalue weighted by Gasteiger charge is 2.44. The smallest absolute Gasteiger partial charge is 0.349 e. The molecule has 1 unspecified atom stereocenters. The lowest BCUT2D eigenvalue weighted by molar-refractivity contribution is -0.156. The molecule has 30 heavy (non-hydrogen) atoms. The van der Waals surface area contributed by atoms with E-state index in [0.29, 0.717) is 15.7 Å². The van der Waals surface area contributed by atoms with Crippen LogP contribution < -0.4 is 0 Å². The zero-order chi connectivity index (χ0) is 21.0. The number of thioether (sulfide) groups is 2. The summed E-state index contributed by atoms with van der Waals surface area (Å²) in [5, 5.41) is 11.4. The van der Waals surface area contributed by atoms with Crippen molar-refractivity contribution < 1.29 is 14.6 Å². The van der Waals surface area contributed by atoms with Crippen molar-refractivity contribution >= 4 is 41.1 Å². The van der Waals surface area contributed by atoms with Gasteiger partial charge in [-0.15, -0.1) is 11.8 Å². The van der Waals surface area contributed by atoms with Crippen LogP contribution in [0.2, 0.25) is 5.02 Å². The SMILES string of the molecule is O=C1OC(CSc2ccccc2)(c2ccccc2)CC(O)=C1Sc1ccccc1Cl. The molecule has 0 spiro atoms. The molecule has 152 valence electrons. The molecule has 1 aliphatic heterocycles. The van der Waals surface area contributed by atoms with Gasteiger partial charge < -0.3 is 9.84 Å². The molecule has 0 saturated carbocycles. The quantitative estimate of drug-likeness (QED) is 0.326. The molecule has 3 aromatic carbocycles. The molecule has 6 heteroatoms. The lowest BCUT2D eigenvalue weighted by Crippen LogP contribution is -2.39. The normalized spacial score (nSPS) is 18.9. The third-order valence-electron chi connectivity index (χ3n) is 4.75. The van der Waals surface area contributed by atoms with Gasteiger partial charge in [-0.05, 0) is 29.8 Å². The summed E-state index contributed by atoms with van der Waals surface area (Å²) in [5.41, 5.74) is -0.0943. The Kier molecular flexibility index (Phi) is 6.42.